The number of carbonyl (C=O) groups is 1. The minimum absolute atomic E-state index is 0.147. The average molecular weight is 180 g/mol. The lowest BCUT2D eigenvalue weighted by molar-refractivity contribution is -0.133. The summed E-state index contributed by atoms with van der Waals surface area (Å²) < 4.78 is 0. The van der Waals surface area contributed by atoms with Crippen LogP contribution in [0.2, 0.25) is 0 Å². The number of likely N-dealkylation sites (tertiary alicyclic amines) is 1. The van der Waals surface area contributed by atoms with E-state index in [1.54, 1.807) is 4.90 Å². The van der Waals surface area contributed by atoms with E-state index in [9.17, 15) is 4.79 Å². The number of piperidine rings is 1. The largest absolute Gasteiger partial charge is 0.327 e. The van der Waals surface area contributed by atoms with E-state index in [2.05, 4.69) is 6.07 Å². The van der Waals surface area contributed by atoms with E-state index < -0.39 is 0 Å². The van der Waals surface area contributed by atoms with Gasteiger partial charge in [0.05, 0.1) is 6.07 Å². The molecule has 0 spiro atoms. The summed E-state index contributed by atoms with van der Waals surface area (Å²) in [6.45, 7) is 2.76. The molecule has 1 rings (SSSR count). The molecule has 1 unspecified atom stereocenters. The lowest BCUT2D eigenvalue weighted by atomic mass is 10.0. The third-order valence-electron chi connectivity index (χ3n) is 2.44. The molecule has 1 aliphatic heterocycles. The average Bonchev–Trinajstić information content (AvgIpc) is 2.18. The molecule has 0 N–H and O–H groups in total. The molecule has 1 saturated heterocycles. The van der Waals surface area contributed by atoms with Crippen molar-refractivity contribution in [2.24, 2.45) is 0 Å². The van der Waals surface area contributed by atoms with E-state index in [1.165, 1.54) is 0 Å². The summed E-state index contributed by atoms with van der Waals surface area (Å²) in [4.78, 5) is 13.3. The maximum Gasteiger partial charge on any atom is 0.223 e. The Labute approximate surface area is 79.3 Å². The second-order valence-corrected chi connectivity index (χ2v) is 3.48. The van der Waals surface area contributed by atoms with Gasteiger partial charge in [0.2, 0.25) is 5.91 Å². The summed E-state index contributed by atoms with van der Waals surface area (Å²) in [7, 11) is 0. The summed E-state index contributed by atoms with van der Waals surface area (Å²) in [5.74, 6) is 0.147. The zero-order valence-corrected chi connectivity index (χ0v) is 8.12. The van der Waals surface area contributed by atoms with Crippen LogP contribution < -0.4 is 0 Å². The van der Waals surface area contributed by atoms with Crippen LogP contribution >= 0.6 is 0 Å². The van der Waals surface area contributed by atoms with Gasteiger partial charge in [-0.15, -0.1) is 0 Å². The van der Waals surface area contributed by atoms with Crippen molar-refractivity contribution in [2.75, 3.05) is 6.54 Å². The standard InChI is InChI=1S/C10H16N2O/c1-2-5-10(13)12-7-4-3-6-9(12)8-11/h9H,2-7H2,1H3. The first-order valence-electron chi connectivity index (χ1n) is 4.98. The van der Waals surface area contributed by atoms with Crippen LogP contribution in [0.1, 0.15) is 39.0 Å². The number of nitriles is 1. The van der Waals surface area contributed by atoms with Gasteiger partial charge >= 0.3 is 0 Å². The maximum atomic E-state index is 11.5. The molecule has 1 fully saturated rings. The third kappa shape index (κ3) is 2.45. The van der Waals surface area contributed by atoms with Gasteiger partial charge in [-0.05, 0) is 25.7 Å². The normalized spacial score (nSPS) is 22.5. The molecule has 0 aromatic heterocycles. The summed E-state index contributed by atoms with van der Waals surface area (Å²) in [5, 5.41) is 8.83. The highest BCUT2D eigenvalue weighted by atomic mass is 16.2. The number of amides is 1. The van der Waals surface area contributed by atoms with Gasteiger partial charge in [-0.25, -0.2) is 0 Å². The smallest absolute Gasteiger partial charge is 0.223 e. The van der Waals surface area contributed by atoms with Crippen molar-refractivity contribution in [3.05, 3.63) is 0 Å². The second-order valence-electron chi connectivity index (χ2n) is 3.48. The molecular formula is C10H16N2O. The molecule has 0 bridgehead atoms. The van der Waals surface area contributed by atoms with Gasteiger partial charge in [0.15, 0.2) is 0 Å². The van der Waals surface area contributed by atoms with Crippen LogP contribution in [0, 0.1) is 11.3 Å². The maximum absolute atomic E-state index is 11.5. The van der Waals surface area contributed by atoms with E-state index in [0.717, 1.165) is 32.2 Å². The van der Waals surface area contributed by atoms with Crippen LogP contribution in [-0.2, 0) is 4.79 Å². The number of rotatable bonds is 2. The number of nitrogens with zero attached hydrogens (tertiary/aromatic N) is 2. The molecule has 1 aliphatic rings. The Balaban J connectivity index is 2.54. The minimum Gasteiger partial charge on any atom is -0.327 e. The highest BCUT2D eigenvalue weighted by molar-refractivity contribution is 5.76. The minimum atomic E-state index is -0.159. The predicted octanol–water partition coefficient (Wildman–Crippen LogP) is 1.69. The highest BCUT2D eigenvalue weighted by Gasteiger charge is 2.25. The van der Waals surface area contributed by atoms with Gasteiger partial charge in [0.1, 0.15) is 6.04 Å². The number of hydrogen-bond donors (Lipinski definition) is 0. The Bertz CT molecular complexity index is 219. The molecule has 1 heterocycles. The topological polar surface area (TPSA) is 44.1 Å². The number of carbonyl (C=O) groups excluding carboxylic acids is 1. The van der Waals surface area contributed by atoms with Crippen LogP contribution in [0.15, 0.2) is 0 Å². The lowest BCUT2D eigenvalue weighted by Crippen LogP contribution is -2.42. The van der Waals surface area contributed by atoms with Crippen molar-refractivity contribution in [2.45, 2.75) is 45.1 Å². The first-order chi connectivity index (χ1) is 6.29. The zero-order chi connectivity index (χ0) is 9.68. The Morgan fingerprint density at radius 1 is 1.62 bits per heavy atom. The first-order valence-corrected chi connectivity index (χ1v) is 4.98. The van der Waals surface area contributed by atoms with Crippen LogP contribution in [-0.4, -0.2) is 23.4 Å². The third-order valence-corrected chi connectivity index (χ3v) is 2.44. The van der Waals surface area contributed by atoms with Crippen LogP contribution in [0.3, 0.4) is 0 Å². The fourth-order valence-corrected chi connectivity index (χ4v) is 1.72. The molecule has 72 valence electrons. The van der Waals surface area contributed by atoms with E-state index in [4.69, 9.17) is 5.26 Å². The second kappa shape index (κ2) is 4.86. The van der Waals surface area contributed by atoms with Crippen LogP contribution in [0.25, 0.3) is 0 Å². The van der Waals surface area contributed by atoms with Crippen molar-refractivity contribution < 1.29 is 4.79 Å². The van der Waals surface area contributed by atoms with Gasteiger partial charge < -0.3 is 4.90 Å². The van der Waals surface area contributed by atoms with E-state index in [1.807, 2.05) is 6.92 Å². The Morgan fingerprint density at radius 3 is 3.00 bits per heavy atom. The van der Waals surface area contributed by atoms with Crippen LogP contribution in [0.5, 0.6) is 0 Å². The van der Waals surface area contributed by atoms with Gasteiger partial charge in [-0.2, -0.15) is 5.26 Å². The monoisotopic (exact) mass is 180 g/mol. The highest BCUT2D eigenvalue weighted by Crippen LogP contribution is 2.17. The Kier molecular flexibility index (Phi) is 3.75. The van der Waals surface area contributed by atoms with Crippen molar-refractivity contribution in [3.63, 3.8) is 0 Å². The molecule has 3 heteroatoms. The van der Waals surface area contributed by atoms with Gasteiger partial charge in [-0.1, -0.05) is 6.92 Å². The molecule has 13 heavy (non-hydrogen) atoms. The molecule has 1 amide bonds. The fourth-order valence-electron chi connectivity index (χ4n) is 1.72. The summed E-state index contributed by atoms with van der Waals surface area (Å²) in [6, 6.07) is 2.04. The molecule has 0 saturated carbocycles. The molecule has 0 radical (unpaired) electrons. The first kappa shape index (κ1) is 10.0. The van der Waals surface area contributed by atoms with Crippen LogP contribution in [0.4, 0.5) is 0 Å². The molecule has 1 atom stereocenters. The SMILES string of the molecule is CCCC(=O)N1CCCCC1C#N. The van der Waals surface area contributed by atoms with E-state index in [-0.39, 0.29) is 11.9 Å². The molecule has 3 nitrogen and oxygen atoms in total. The molecule has 0 aliphatic carbocycles. The molecule has 0 aromatic carbocycles. The van der Waals surface area contributed by atoms with Crippen molar-refractivity contribution >= 4 is 5.91 Å². The van der Waals surface area contributed by atoms with Gasteiger partial charge in [0, 0.05) is 13.0 Å². The molecular weight excluding hydrogens is 164 g/mol. The van der Waals surface area contributed by atoms with Crippen molar-refractivity contribution in [1.29, 1.82) is 5.26 Å². The predicted molar refractivity (Wildman–Crippen MR) is 49.9 cm³/mol. The Morgan fingerprint density at radius 2 is 2.38 bits per heavy atom. The van der Waals surface area contributed by atoms with Crippen molar-refractivity contribution in [3.8, 4) is 6.07 Å². The van der Waals surface area contributed by atoms with Gasteiger partial charge in [0.25, 0.3) is 0 Å². The van der Waals surface area contributed by atoms with Gasteiger partial charge in [-0.3, -0.25) is 4.79 Å². The summed E-state index contributed by atoms with van der Waals surface area (Å²) in [5.41, 5.74) is 0. The lowest BCUT2D eigenvalue weighted by Gasteiger charge is -2.31. The van der Waals surface area contributed by atoms with E-state index >= 15 is 0 Å². The number of hydrogen-bond acceptors (Lipinski definition) is 2. The molecule has 0 aromatic rings. The van der Waals surface area contributed by atoms with E-state index in [0.29, 0.717) is 6.42 Å². The quantitative estimate of drug-likeness (QED) is 0.649. The zero-order valence-electron chi connectivity index (χ0n) is 8.12. The Hall–Kier alpha value is -1.04. The summed E-state index contributed by atoms with van der Waals surface area (Å²) in [6.07, 6.45) is 4.43. The fraction of sp³-hybridized carbons (Fsp3) is 0.800. The van der Waals surface area contributed by atoms with Crippen molar-refractivity contribution in [1.82, 2.24) is 4.90 Å². The summed E-state index contributed by atoms with van der Waals surface area (Å²) >= 11 is 0.